The van der Waals surface area contributed by atoms with Gasteiger partial charge in [0.1, 0.15) is 0 Å². The van der Waals surface area contributed by atoms with Gasteiger partial charge in [-0.25, -0.2) is 0 Å². The molecule has 3 heteroatoms. The van der Waals surface area contributed by atoms with Crippen molar-refractivity contribution in [3.63, 3.8) is 0 Å². The van der Waals surface area contributed by atoms with Gasteiger partial charge in [-0.3, -0.25) is 4.90 Å². The molecule has 1 saturated heterocycles. The minimum Gasteiger partial charge on any atom is -0.309 e. The first kappa shape index (κ1) is 14.0. The Morgan fingerprint density at radius 1 is 1.50 bits per heavy atom. The molecule has 18 heavy (non-hydrogen) atoms. The molecule has 0 aliphatic carbocycles. The first-order valence-corrected chi connectivity index (χ1v) is 7.83. The molecule has 0 spiro atoms. The number of thiophene rings is 1. The van der Waals surface area contributed by atoms with Crippen molar-refractivity contribution in [2.24, 2.45) is 0 Å². The van der Waals surface area contributed by atoms with Crippen molar-refractivity contribution in [3.05, 3.63) is 21.4 Å². The summed E-state index contributed by atoms with van der Waals surface area (Å²) in [5, 5.41) is 3.66. The predicted molar refractivity (Wildman–Crippen MR) is 80.5 cm³/mol. The molecule has 1 aromatic rings. The number of aryl methyl sites for hydroxylation is 2. The van der Waals surface area contributed by atoms with Gasteiger partial charge in [-0.2, -0.15) is 0 Å². The number of hydrogen-bond donors (Lipinski definition) is 1. The van der Waals surface area contributed by atoms with Crippen LogP contribution >= 0.6 is 11.3 Å². The molecular formula is C15H26N2S. The minimum absolute atomic E-state index is 0.283. The molecule has 102 valence electrons. The quantitative estimate of drug-likeness (QED) is 0.901. The average molecular weight is 266 g/mol. The van der Waals surface area contributed by atoms with E-state index in [-0.39, 0.29) is 5.54 Å². The number of nitrogens with one attached hydrogen (secondary N) is 1. The van der Waals surface area contributed by atoms with Crippen LogP contribution in [0.5, 0.6) is 0 Å². The van der Waals surface area contributed by atoms with Crippen LogP contribution in [-0.4, -0.2) is 30.1 Å². The van der Waals surface area contributed by atoms with Crippen LogP contribution in [0, 0.1) is 13.8 Å². The highest BCUT2D eigenvalue weighted by Crippen LogP contribution is 2.31. The Balaban J connectivity index is 2.14. The molecule has 0 bridgehead atoms. The molecule has 2 unspecified atom stereocenters. The third-order valence-electron chi connectivity index (χ3n) is 4.36. The zero-order valence-corrected chi connectivity index (χ0v) is 13.2. The highest BCUT2D eigenvalue weighted by molar-refractivity contribution is 7.12. The van der Waals surface area contributed by atoms with Gasteiger partial charge in [0, 0.05) is 41.0 Å². The van der Waals surface area contributed by atoms with Crippen LogP contribution in [0.2, 0.25) is 0 Å². The molecular weight excluding hydrogens is 240 g/mol. The Hall–Kier alpha value is -0.380. The summed E-state index contributed by atoms with van der Waals surface area (Å²) in [4.78, 5) is 5.55. The molecule has 2 heterocycles. The number of hydrogen-bond acceptors (Lipinski definition) is 3. The van der Waals surface area contributed by atoms with Gasteiger partial charge < -0.3 is 5.32 Å². The van der Waals surface area contributed by atoms with Crippen LogP contribution in [-0.2, 0) is 0 Å². The standard InChI is InChI=1S/C15H26N2S/c1-6-15(5)10-17(8-7-16-15)12(3)14-9-11(2)18-13(14)4/h9,12,16H,6-8,10H2,1-5H3. The molecule has 1 aliphatic rings. The highest BCUT2D eigenvalue weighted by atomic mass is 32.1. The van der Waals surface area contributed by atoms with Crippen LogP contribution < -0.4 is 5.32 Å². The molecule has 1 aliphatic heterocycles. The van der Waals surface area contributed by atoms with Crippen molar-refractivity contribution < 1.29 is 0 Å². The second-order valence-corrected chi connectivity index (χ2v) is 7.32. The topological polar surface area (TPSA) is 15.3 Å². The zero-order valence-electron chi connectivity index (χ0n) is 12.3. The zero-order chi connectivity index (χ0) is 13.3. The molecule has 0 amide bonds. The monoisotopic (exact) mass is 266 g/mol. The van der Waals surface area contributed by atoms with Crippen LogP contribution in [0.3, 0.4) is 0 Å². The Morgan fingerprint density at radius 2 is 2.22 bits per heavy atom. The van der Waals surface area contributed by atoms with Gasteiger partial charge in [-0.15, -0.1) is 11.3 Å². The lowest BCUT2D eigenvalue weighted by atomic mass is 9.94. The maximum absolute atomic E-state index is 3.66. The van der Waals surface area contributed by atoms with Gasteiger partial charge in [0.05, 0.1) is 0 Å². The van der Waals surface area contributed by atoms with E-state index in [2.05, 4.69) is 50.9 Å². The molecule has 0 radical (unpaired) electrons. The van der Waals surface area contributed by atoms with E-state index in [4.69, 9.17) is 0 Å². The maximum Gasteiger partial charge on any atom is 0.0332 e. The lowest BCUT2D eigenvalue weighted by Gasteiger charge is -2.43. The smallest absolute Gasteiger partial charge is 0.0332 e. The molecule has 2 nitrogen and oxygen atoms in total. The van der Waals surface area contributed by atoms with Gasteiger partial charge in [0.15, 0.2) is 0 Å². The van der Waals surface area contributed by atoms with Gasteiger partial charge in [-0.05, 0) is 45.7 Å². The van der Waals surface area contributed by atoms with Crippen LogP contribution in [0.25, 0.3) is 0 Å². The third kappa shape index (κ3) is 2.79. The minimum atomic E-state index is 0.283. The fraction of sp³-hybridized carbons (Fsp3) is 0.733. The van der Waals surface area contributed by atoms with E-state index in [9.17, 15) is 0 Å². The van der Waals surface area contributed by atoms with Crippen molar-refractivity contribution in [3.8, 4) is 0 Å². The molecule has 0 aromatic carbocycles. The number of nitrogens with zero attached hydrogens (tertiary/aromatic N) is 1. The predicted octanol–water partition coefficient (Wildman–Crippen LogP) is 3.50. The summed E-state index contributed by atoms with van der Waals surface area (Å²) in [5.74, 6) is 0. The largest absolute Gasteiger partial charge is 0.309 e. The normalized spacial score (nSPS) is 27.4. The second-order valence-electron chi connectivity index (χ2n) is 5.86. The third-order valence-corrected chi connectivity index (χ3v) is 5.34. The number of rotatable bonds is 3. The SMILES string of the molecule is CCC1(C)CN(C(C)c2cc(C)sc2C)CCN1. The fourth-order valence-electron chi connectivity index (χ4n) is 2.91. The lowest BCUT2D eigenvalue weighted by molar-refractivity contribution is 0.105. The van der Waals surface area contributed by atoms with Crippen LogP contribution in [0.15, 0.2) is 6.07 Å². The Kier molecular flexibility index (Phi) is 4.15. The van der Waals surface area contributed by atoms with E-state index in [1.807, 2.05) is 11.3 Å². The van der Waals surface area contributed by atoms with Gasteiger partial charge in [-0.1, -0.05) is 6.92 Å². The first-order chi connectivity index (χ1) is 8.45. The fourth-order valence-corrected chi connectivity index (χ4v) is 3.93. The summed E-state index contributed by atoms with van der Waals surface area (Å²) < 4.78 is 0. The highest BCUT2D eigenvalue weighted by Gasteiger charge is 2.31. The first-order valence-electron chi connectivity index (χ1n) is 7.01. The summed E-state index contributed by atoms with van der Waals surface area (Å²) in [6, 6.07) is 2.92. The maximum atomic E-state index is 3.66. The van der Waals surface area contributed by atoms with Crippen molar-refractivity contribution in [2.45, 2.75) is 52.6 Å². The average Bonchev–Trinajstić information content (AvgIpc) is 2.67. The molecule has 1 aromatic heterocycles. The van der Waals surface area contributed by atoms with Crippen molar-refractivity contribution in [1.29, 1.82) is 0 Å². The van der Waals surface area contributed by atoms with E-state index >= 15 is 0 Å². The Morgan fingerprint density at radius 3 is 2.78 bits per heavy atom. The lowest BCUT2D eigenvalue weighted by Crippen LogP contribution is -2.58. The summed E-state index contributed by atoms with van der Waals surface area (Å²) in [6.07, 6.45) is 1.19. The number of piperazine rings is 1. The summed E-state index contributed by atoms with van der Waals surface area (Å²) in [5.41, 5.74) is 1.81. The molecule has 2 atom stereocenters. The Bertz CT molecular complexity index is 413. The molecule has 1 N–H and O–H groups in total. The van der Waals surface area contributed by atoms with E-state index in [1.165, 1.54) is 21.7 Å². The van der Waals surface area contributed by atoms with E-state index in [0.29, 0.717) is 6.04 Å². The summed E-state index contributed by atoms with van der Waals surface area (Å²) >= 11 is 1.92. The van der Waals surface area contributed by atoms with Crippen molar-refractivity contribution >= 4 is 11.3 Å². The summed E-state index contributed by atoms with van der Waals surface area (Å²) in [6.45, 7) is 14.9. The van der Waals surface area contributed by atoms with Gasteiger partial charge in [0.2, 0.25) is 0 Å². The van der Waals surface area contributed by atoms with Crippen LogP contribution in [0.4, 0.5) is 0 Å². The van der Waals surface area contributed by atoms with Gasteiger partial charge in [0.25, 0.3) is 0 Å². The van der Waals surface area contributed by atoms with E-state index < -0.39 is 0 Å². The molecule has 1 fully saturated rings. The summed E-state index contributed by atoms with van der Waals surface area (Å²) in [7, 11) is 0. The molecule has 2 rings (SSSR count). The van der Waals surface area contributed by atoms with Crippen molar-refractivity contribution in [1.82, 2.24) is 10.2 Å². The van der Waals surface area contributed by atoms with Gasteiger partial charge >= 0.3 is 0 Å². The second kappa shape index (κ2) is 5.32. The van der Waals surface area contributed by atoms with E-state index in [0.717, 1.165) is 19.6 Å². The Labute approximate surface area is 115 Å². The van der Waals surface area contributed by atoms with Crippen LogP contribution in [0.1, 0.15) is 48.6 Å². The molecule has 0 saturated carbocycles. The van der Waals surface area contributed by atoms with E-state index in [1.54, 1.807) is 0 Å². The van der Waals surface area contributed by atoms with Crippen molar-refractivity contribution in [2.75, 3.05) is 19.6 Å².